The van der Waals surface area contributed by atoms with Gasteiger partial charge < -0.3 is 10.2 Å². The summed E-state index contributed by atoms with van der Waals surface area (Å²) in [4.78, 5) is 0. The van der Waals surface area contributed by atoms with Gasteiger partial charge in [0, 0.05) is 5.41 Å². The maximum absolute atomic E-state index is 11.1. The van der Waals surface area contributed by atoms with Crippen molar-refractivity contribution in [1.82, 2.24) is 0 Å². The summed E-state index contributed by atoms with van der Waals surface area (Å²) in [5.41, 5.74) is 0.150. The standard InChI is InChI=1S/C9H18O3S.C5H10O2.O3S/c1-3-5-9(6-7-9)8-12-13(10,11)4-2;6-3-5(4-7)1-2-5;1-4(2)3/h3-8H2,1-2H3;6-7H,1-4H2;. The molecule has 144 valence electrons. The topological polar surface area (TPSA) is 135 Å². The minimum absolute atomic E-state index is 0.0556. The lowest BCUT2D eigenvalue weighted by atomic mass is 10.0. The zero-order valence-electron chi connectivity index (χ0n) is 14.2. The van der Waals surface area contributed by atoms with E-state index in [1.54, 1.807) is 6.92 Å². The molecule has 2 N–H and O–H groups in total. The minimum atomic E-state index is -3.23. The fourth-order valence-electron chi connectivity index (χ4n) is 2.01. The number of rotatable bonds is 8. The van der Waals surface area contributed by atoms with E-state index in [2.05, 4.69) is 6.92 Å². The van der Waals surface area contributed by atoms with E-state index in [9.17, 15) is 8.42 Å². The summed E-state index contributed by atoms with van der Waals surface area (Å²) in [6, 6.07) is 0. The Morgan fingerprint density at radius 2 is 1.38 bits per heavy atom. The van der Waals surface area contributed by atoms with Crippen LogP contribution in [0.25, 0.3) is 0 Å². The van der Waals surface area contributed by atoms with E-state index < -0.39 is 20.7 Å². The van der Waals surface area contributed by atoms with Crippen LogP contribution < -0.4 is 0 Å². The van der Waals surface area contributed by atoms with Crippen molar-refractivity contribution in [2.75, 3.05) is 25.6 Å². The van der Waals surface area contributed by atoms with Gasteiger partial charge in [-0.1, -0.05) is 13.3 Å². The molecule has 0 aromatic carbocycles. The van der Waals surface area contributed by atoms with E-state index in [0.717, 1.165) is 38.5 Å². The van der Waals surface area contributed by atoms with Crippen molar-refractivity contribution in [3.8, 4) is 0 Å². The van der Waals surface area contributed by atoms with Gasteiger partial charge in [0.25, 0.3) is 10.1 Å². The van der Waals surface area contributed by atoms with Gasteiger partial charge in [-0.2, -0.15) is 8.42 Å². The molecule has 0 saturated heterocycles. The quantitative estimate of drug-likeness (QED) is 0.580. The second-order valence-electron chi connectivity index (χ2n) is 6.38. The fourth-order valence-corrected chi connectivity index (χ4v) is 2.61. The van der Waals surface area contributed by atoms with Crippen LogP contribution in [0.5, 0.6) is 0 Å². The number of hydrogen-bond donors (Lipinski definition) is 2. The second kappa shape index (κ2) is 10.4. The highest BCUT2D eigenvalue weighted by Gasteiger charge is 2.42. The third kappa shape index (κ3) is 10.3. The fraction of sp³-hybridized carbons (Fsp3) is 1.00. The van der Waals surface area contributed by atoms with Crippen molar-refractivity contribution in [3.63, 3.8) is 0 Å². The van der Waals surface area contributed by atoms with Gasteiger partial charge in [0.15, 0.2) is 0 Å². The molecule has 0 heterocycles. The molecule has 24 heavy (non-hydrogen) atoms. The molecule has 0 radical (unpaired) electrons. The molecule has 0 unspecified atom stereocenters. The molecule has 2 rings (SSSR count). The molecular formula is C14H28O8S2. The smallest absolute Gasteiger partial charge is 0.396 e. The van der Waals surface area contributed by atoms with Crippen LogP contribution in [0.3, 0.4) is 0 Å². The average Bonchev–Trinajstić information content (AvgIpc) is 3.42. The first kappa shape index (κ1) is 23.4. The molecule has 0 aromatic rings. The Morgan fingerprint density at radius 3 is 1.58 bits per heavy atom. The van der Waals surface area contributed by atoms with Crippen molar-refractivity contribution in [2.45, 2.75) is 52.4 Å². The van der Waals surface area contributed by atoms with Crippen molar-refractivity contribution >= 4 is 20.7 Å². The number of hydrogen-bond acceptors (Lipinski definition) is 8. The van der Waals surface area contributed by atoms with Crippen LogP contribution in [0.1, 0.15) is 52.4 Å². The van der Waals surface area contributed by atoms with Crippen LogP contribution >= 0.6 is 0 Å². The van der Waals surface area contributed by atoms with E-state index in [1.807, 2.05) is 0 Å². The predicted octanol–water partition coefficient (Wildman–Crippen LogP) is 0.680. The van der Waals surface area contributed by atoms with Crippen LogP contribution in [0.2, 0.25) is 0 Å². The van der Waals surface area contributed by atoms with Crippen LogP contribution in [-0.2, 0) is 24.9 Å². The van der Waals surface area contributed by atoms with E-state index in [-0.39, 0.29) is 29.8 Å². The summed E-state index contributed by atoms with van der Waals surface area (Å²) in [5, 5.41) is 17.0. The van der Waals surface area contributed by atoms with E-state index in [1.165, 1.54) is 0 Å². The van der Waals surface area contributed by atoms with Gasteiger partial charge in [-0.3, -0.25) is 4.18 Å². The summed E-state index contributed by atoms with van der Waals surface area (Å²) >= 11 is 0. The van der Waals surface area contributed by atoms with Crippen molar-refractivity contribution < 1.29 is 35.4 Å². The normalized spacial score (nSPS) is 19.2. The molecule has 2 saturated carbocycles. The van der Waals surface area contributed by atoms with Gasteiger partial charge in [-0.05, 0) is 44.4 Å². The molecule has 2 fully saturated rings. The van der Waals surface area contributed by atoms with E-state index in [0.29, 0.717) is 6.61 Å². The molecule has 2 aliphatic carbocycles. The molecule has 0 spiro atoms. The lowest BCUT2D eigenvalue weighted by Gasteiger charge is -2.13. The van der Waals surface area contributed by atoms with Crippen molar-refractivity contribution in [3.05, 3.63) is 0 Å². The average molecular weight is 389 g/mol. The minimum Gasteiger partial charge on any atom is -0.396 e. The zero-order valence-corrected chi connectivity index (χ0v) is 15.9. The summed E-state index contributed by atoms with van der Waals surface area (Å²) in [5.74, 6) is 0.0786. The molecule has 8 nitrogen and oxygen atoms in total. The lowest BCUT2D eigenvalue weighted by Crippen LogP contribution is -2.16. The Bertz CT molecular complexity index is 546. The predicted molar refractivity (Wildman–Crippen MR) is 87.5 cm³/mol. The highest BCUT2D eigenvalue weighted by molar-refractivity contribution is 7.86. The number of aliphatic hydroxyl groups is 2. The molecule has 0 atom stereocenters. The summed E-state index contributed by atoms with van der Waals surface area (Å²) in [6.45, 7) is 4.44. The maximum atomic E-state index is 11.1. The molecule has 0 aliphatic heterocycles. The molecule has 0 amide bonds. The van der Waals surface area contributed by atoms with Crippen LogP contribution in [0.15, 0.2) is 0 Å². The number of aliphatic hydroxyl groups excluding tert-OH is 2. The summed E-state index contributed by atoms with van der Waals surface area (Å²) in [7, 11) is -6.34. The summed E-state index contributed by atoms with van der Waals surface area (Å²) < 4.78 is 52.4. The first-order chi connectivity index (χ1) is 11.1. The third-order valence-electron chi connectivity index (χ3n) is 4.26. The van der Waals surface area contributed by atoms with Gasteiger partial charge in [0.1, 0.15) is 0 Å². The zero-order chi connectivity index (χ0) is 18.9. The lowest BCUT2D eigenvalue weighted by molar-refractivity contribution is 0.134. The highest BCUT2D eigenvalue weighted by Crippen LogP contribution is 2.49. The van der Waals surface area contributed by atoms with Gasteiger partial charge in [0.2, 0.25) is 0 Å². The van der Waals surface area contributed by atoms with Gasteiger partial charge >= 0.3 is 10.6 Å². The van der Waals surface area contributed by atoms with Gasteiger partial charge in [-0.15, -0.1) is 12.6 Å². The van der Waals surface area contributed by atoms with E-state index >= 15 is 0 Å². The Hall–Kier alpha value is -0.550. The van der Waals surface area contributed by atoms with E-state index in [4.69, 9.17) is 27.0 Å². The Labute approximate surface area is 145 Å². The Morgan fingerprint density at radius 1 is 0.958 bits per heavy atom. The monoisotopic (exact) mass is 388 g/mol. The van der Waals surface area contributed by atoms with Crippen molar-refractivity contribution in [2.24, 2.45) is 10.8 Å². The first-order valence-electron chi connectivity index (χ1n) is 7.95. The molecule has 0 aromatic heterocycles. The van der Waals surface area contributed by atoms with Crippen molar-refractivity contribution in [1.29, 1.82) is 0 Å². The van der Waals surface area contributed by atoms with Crippen LogP contribution in [0, 0.1) is 10.8 Å². The largest absolute Gasteiger partial charge is 0.425 e. The molecular weight excluding hydrogens is 360 g/mol. The highest BCUT2D eigenvalue weighted by atomic mass is 32.2. The third-order valence-corrected chi connectivity index (χ3v) is 5.45. The molecule has 0 bridgehead atoms. The SMILES string of the molecule is CCCC1(COS(=O)(=O)CC)CC1.O=S(=O)=O.OCC1(CO)CC1. The summed E-state index contributed by atoms with van der Waals surface area (Å²) in [6.07, 6.45) is 6.45. The van der Waals surface area contributed by atoms with Crippen LogP contribution in [0.4, 0.5) is 0 Å². The second-order valence-corrected chi connectivity index (χ2v) is 8.72. The first-order valence-corrected chi connectivity index (χ1v) is 10.5. The van der Waals surface area contributed by atoms with Gasteiger partial charge in [0.05, 0.1) is 25.6 Å². The molecule has 10 heteroatoms. The Balaban J connectivity index is 0.000000401. The maximum Gasteiger partial charge on any atom is 0.425 e. The molecule has 2 aliphatic rings. The van der Waals surface area contributed by atoms with Crippen LogP contribution in [-0.4, -0.2) is 56.8 Å². The Kier molecular flexibility index (Phi) is 10.2. The van der Waals surface area contributed by atoms with Gasteiger partial charge in [-0.25, -0.2) is 0 Å².